The van der Waals surface area contributed by atoms with Gasteiger partial charge in [0.2, 0.25) is 0 Å². The Morgan fingerprint density at radius 3 is 2.88 bits per heavy atom. The van der Waals surface area contributed by atoms with Gasteiger partial charge in [0.1, 0.15) is 0 Å². The van der Waals surface area contributed by atoms with Crippen molar-refractivity contribution in [3.05, 3.63) is 42.1 Å². The number of H-pyrrole nitrogens is 2. The molecular formula is C14H11N3. The third-order valence-corrected chi connectivity index (χ3v) is 3.31. The molecule has 17 heavy (non-hydrogen) atoms. The van der Waals surface area contributed by atoms with Crippen molar-refractivity contribution >= 4 is 32.7 Å². The quantitative estimate of drug-likeness (QED) is 0.469. The second kappa shape index (κ2) is 2.88. The van der Waals surface area contributed by atoms with Crippen molar-refractivity contribution in [3.63, 3.8) is 0 Å². The van der Waals surface area contributed by atoms with Crippen LogP contribution in [0.15, 0.2) is 36.5 Å². The van der Waals surface area contributed by atoms with E-state index in [0.29, 0.717) is 0 Å². The Morgan fingerprint density at radius 1 is 1.06 bits per heavy atom. The smallest absolute Gasteiger partial charge is 0.0972 e. The number of nitrogens with zero attached hydrogens (tertiary/aromatic N) is 1. The molecule has 0 spiro atoms. The lowest BCUT2D eigenvalue weighted by Crippen LogP contribution is -1.72. The summed E-state index contributed by atoms with van der Waals surface area (Å²) >= 11 is 0. The molecule has 0 amide bonds. The van der Waals surface area contributed by atoms with Crippen molar-refractivity contribution in [1.82, 2.24) is 15.2 Å². The molecule has 0 radical (unpaired) electrons. The molecule has 0 aliphatic rings. The molecule has 4 rings (SSSR count). The van der Waals surface area contributed by atoms with Crippen LogP contribution in [0.2, 0.25) is 0 Å². The van der Waals surface area contributed by atoms with Gasteiger partial charge in [-0.15, -0.1) is 0 Å². The van der Waals surface area contributed by atoms with E-state index in [0.717, 1.165) is 21.9 Å². The fourth-order valence-corrected chi connectivity index (χ4v) is 2.46. The molecule has 3 nitrogen and oxygen atoms in total. The second-order valence-corrected chi connectivity index (χ2v) is 4.47. The monoisotopic (exact) mass is 221 g/mol. The van der Waals surface area contributed by atoms with Gasteiger partial charge in [-0.25, -0.2) is 4.98 Å². The van der Waals surface area contributed by atoms with E-state index in [1.54, 1.807) is 0 Å². The number of rotatable bonds is 0. The van der Waals surface area contributed by atoms with Crippen LogP contribution in [0.25, 0.3) is 32.7 Å². The first kappa shape index (κ1) is 8.82. The number of aromatic amines is 2. The summed E-state index contributed by atoms with van der Waals surface area (Å²) in [6, 6.07) is 10.7. The number of hydrogen-bond donors (Lipinski definition) is 2. The molecule has 2 N–H and O–H groups in total. The fourth-order valence-electron chi connectivity index (χ4n) is 2.46. The molecule has 2 aromatic heterocycles. The average Bonchev–Trinajstić information content (AvgIpc) is 2.90. The van der Waals surface area contributed by atoms with E-state index in [-0.39, 0.29) is 0 Å². The summed E-state index contributed by atoms with van der Waals surface area (Å²) in [5, 5.41) is 9.77. The number of hydrogen-bond acceptors (Lipinski definition) is 1. The Labute approximate surface area is 97.4 Å². The van der Waals surface area contributed by atoms with E-state index >= 15 is 0 Å². The van der Waals surface area contributed by atoms with Gasteiger partial charge in [-0.2, -0.15) is 0 Å². The molecule has 0 atom stereocenters. The maximum absolute atomic E-state index is 4.73. The van der Waals surface area contributed by atoms with E-state index < -0.39 is 0 Å². The summed E-state index contributed by atoms with van der Waals surface area (Å²) in [4.78, 5) is 4.73. The highest BCUT2D eigenvalue weighted by Gasteiger charge is 2.09. The molecule has 0 aliphatic carbocycles. The molecule has 0 fully saturated rings. The van der Waals surface area contributed by atoms with Crippen LogP contribution in [0.3, 0.4) is 0 Å². The Hall–Kier alpha value is -2.29. The molecule has 0 saturated carbocycles. The molecule has 4 aromatic rings. The van der Waals surface area contributed by atoms with Gasteiger partial charge in [0, 0.05) is 22.4 Å². The average molecular weight is 221 g/mol. The zero-order valence-electron chi connectivity index (χ0n) is 9.41. The summed E-state index contributed by atoms with van der Waals surface area (Å²) in [6.45, 7) is 2.09. The van der Waals surface area contributed by atoms with Crippen LogP contribution < -0.4 is 0 Å². The summed E-state index contributed by atoms with van der Waals surface area (Å²) in [6.07, 6.45) is 1.96. The molecule has 82 valence electrons. The minimum Gasteiger partial charge on any atom is -0.307 e. The lowest BCUT2D eigenvalue weighted by molar-refractivity contribution is 1.12. The van der Waals surface area contributed by atoms with Crippen LogP contribution in [-0.4, -0.2) is 15.2 Å². The molecule has 2 heterocycles. The van der Waals surface area contributed by atoms with Crippen LogP contribution >= 0.6 is 0 Å². The first-order chi connectivity index (χ1) is 8.33. The van der Waals surface area contributed by atoms with E-state index in [1.165, 1.54) is 16.3 Å². The third kappa shape index (κ3) is 1.08. The molecule has 0 saturated heterocycles. The Kier molecular flexibility index (Phi) is 1.50. The van der Waals surface area contributed by atoms with Gasteiger partial charge in [0.25, 0.3) is 0 Å². The van der Waals surface area contributed by atoms with Crippen LogP contribution in [0, 0.1) is 6.92 Å². The van der Waals surface area contributed by atoms with Gasteiger partial charge in [-0.3, -0.25) is 5.10 Å². The number of nitrogens with one attached hydrogen (secondary N) is 2. The minimum atomic E-state index is 1.05. The fraction of sp³-hybridized carbons (Fsp3) is 0.0714. The lowest BCUT2D eigenvalue weighted by Gasteiger charge is -1.92. The van der Waals surface area contributed by atoms with E-state index in [1.807, 2.05) is 6.20 Å². The van der Waals surface area contributed by atoms with Crippen LogP contribution in [-0.2, 0) is 0 Å². The van der Waals surface area contributed by atoms with Crippen LogP contribution in [0.5, 0.6) is 0 Å². The maximum atomic E-state index is 4.73. The highest BCUT2D eigenvalue weighted by Crippen LogP contribution is 2.30. The van der Waals surface area contributed by atoms with Gasteiger partial charge in [0.15, 0.2) is 0 Å². The maximum Gasteiger partial charge on any atom is 0.0972 e. The summed E-state index contributed by atoms with van der Waals surface area (Å²) in [5.74, 6) is 0. The summed E-state index contributed by atoms with van der Waals surface area (Å²) in [7, 11) is 0. The number of aromatic nitrogens is 3. The van der Waals surface area contributed by atoms with Crippen LogP contribution in [0.1, 0.15) is 5.56 Å². The zero-order valence-corrected chi connectivity index (χ0v) is 9.41. The molecule has 0 aliphatic heterocycles. The third-order valence-electron chi connectivity index (χ3n) is 3.31. The van der Waals surface area contributed by atoms with Gasteiger partial charge >= 0.3 is 0 Å². The molecule has 0 unspecified atom stereocenters. The van der Waals surface area contributed by atoms with E-state index in [9.17, 15) is 0 Å². The summed E-state index contributed by atoms with van der Waals surface area (Å²) < 4.78 is 0. The number of fused-ring (bicyclic) bond motifs is 5. The normalized spacial score (nSPS) is 11.8. The first-order valence-corrected chi connectivity index (χ1v) is 5.67. The molecule has 2 aromatic carbocycles. The zero-order chi connectivity index (χ0) is 11.4. The van der Waals surface area contributed by atoms with Crippen molar-refractivity contribution in [2.75, 3.05) is 0 Å². The second-order valence-electron chi connectivity index (χ2n) is 4.47. The predicted molar refractivity (Wildman–Crippen MR) is 70.2 cm³/mol. The Morgan fingerprint density at radius 2 is 1.94 bits per heavy atom. The van der Waals surface area contributed by atoms with Crippen molar-refractivity contribution in [2.24, 2.45) is 0 Å². The molecular weight excluding hydrogens is 210 g/mol. The highest BCUT2D eigenvalue weighted by molar-refractivity contribution is 6.15. The van der Waals surface area contributed by atoms with Crippen molar-refractivity contribution < 1.29 is 0 Å². The summed E-state index contributed by atoms with van der Waals surface area (Å²) in [5.41, 5.74) is 4.44. The van der Waals surface area contributed by atoms with Gasteiger partial charge in [-0.1, -0.05) is 24.3 Å². The van der Waals surface area contributed by atoms with Gasteiger partial charge in [0.05, 0.1) is 16.6 Å². The molecule has 0 bridgehead atoms. The highest BCUT2D eigenvalue weighted by atomic mass is 15.1. The first-order valence-electron chi connectivity index (χ1n) is 5.67. The van der Waals surface area contributed by atoms with Crippen molar-refractivity contribution in [1.29, 1.82) is 0 Å². The van der Waals surface area contributed by atoms with Crippen molar-refractivity contribution in [2.45, 2.75) is 6.92 Å². The van der Waals surface area contributed by atoms with Crippen molar-refractivity contribution in [3.8, 4) is 0 Å². The van der Waals surface area contributed by atoms with Gasteiger partial charge < -0.3 is 5.10 Å². The Balaban J connectivity index is 2.32. The number of aryl methyl sites for hydroxylation is 1. The molecule has 3 heteroatoms. The largest absolute Gasteiger partial charge is 0.307 e. The Bertz CT molecular complexity index is 852. The standard InChI is InChI=1S/C14H11N3/c1-8-2-4-10-11-5-3-9-7-15-17-13(9)14(11)16-12(10)6-8/h2-7,15,17H,1H3. The van der Waals surface area contributed by atoms with Gasteiger partial charge in [-0.05, 0) is 18.6 Å². The van der Waals surface area contributed by atoms with Crippen LogP contribution in [0.4, 0.5) is 0 Å². The number of benzene rings is 2. The predicted octanol–water partition coefficient (Wildman–Crippen LogP) is 3.51. The van der Waals surface area contributed by atoms with E-state index in [2.05, 4.69) is 47.5 Å². The lowest BCUT2D eigenvalue weighted by atomic mass is 10.1. The minimum absolute atomic E-state index is 1.05. The SMILES string of the molecule is Cc1ccc2c(c1)nc1c2ccc2c[nH][nH]c21. The van der Waals surface area contributed by atoms with E-state index in [4.69, 9.17) is 4.98 Å². The topological polar surface area (TPSA) is 44.5 Å².